The summed E-state index contributed by atoms with van der Waals surface area (Å²) < 4.78 is 19.0. The lowest BCUT2D eigenvalue weighted by Gasteiger charge is -2.15. The summed E-state index contributed by atoms with van der Waals surface area (Å²) in [5.41, 5.74) is 4.33. The molecule has 0 aliphatic heterocycles. The molecule has 0 spiro atoms. The Morgan fingerprint density at radius 1 is 1.67 bits per heavy atom. The van der Waals surface area contributed by atoms with E-state index >= 15 is 0 Å². The average molecular weight is 169 g/mol. The van der Waals surface area contributed by atoms with Crippen molar-refractivity contribution in [1.29, 1.82) is 0 Å². The van der Waals surface area contributed by atoms with E-state index in [4.69, 9.17) is 10.2 Å². The fraction of sp³-hybridized carbons (Fsp3) is 0.556. The Hall–Kier alpha value is -0.830. The molecule has 1 aromatic heterocycles. The first kappa shape index (κ1) is 7.80. The maximum absolute atomic E-state index is 14.0. The number of rotatable bonds is 1. The number of halogens is 1. The molecule has 12 heavy (non-hydrogen) atoms. The lowest BCUT2D eigenvalue weighted by atomic mass is 10.0. The number of hydrogen-bond donors (Lipinski definition) is 1. The maximum atomic E-state index is 14.0. The third-order valence-corrected chi connectivity index (χ3v) is 2.46. The van der Waals surface area contributed by atoms with Crippen LogP contribution in [0.5, 0.6) is 0 Å². The Morgan fingerprint density at radius 3 is 3.00 bits per heavy atom. The van der Waals surface area contributed by atoms with Gasteiger partial charge in [0.1, 0.15) is 5.76 Å². The second kappa shape index (κ2) is 2.59. The van der Waals surface area contributed by atoms with Crippen molar-refractivity contribution in [3.63, 3.8) is 0 Å². The van der Waals surface area contributed by atoms with Gasteiger partial charge in [0.25, 0.3) is 0 Å². The molecule has 2 nitrogen and oxygen atoms in total. The van der Waals surface area contributed by atoms with E-state index in [0.717, 1.165) is 6.42 Å². The van der Waals surface area contributed by atoms with Gasteiger partial charge in [0.2, 0.25) is 0 Å². The van der Waals surface area contributed by atoms with E-state index in [9.17, 15) is 4.39 Å². The van der Waals surface area contributed by atoms with Crippen molar-refractivity contribution in [2.45, 2.75) is 31.0 Å². The van der Waals surface area contributed by atoms with Gasteiger partial charge in [-0.25, -0.2) is 4.39 Å². The highest BCUT2D eigenvalue weighted by atomic mass is 19.1. The summed E-state index contributed by atoms with van der Waals surface area (Å²) in [6.07, 6.45) is 3.12. The van der Waals surface area contributed by atoms with Crippen molar-refractivity contribution >= 4 is 0 Å². The van der Waals surface area contributed by atoms with Crippen LogP contribution in [0.3, 0.4) is 0 Å². The zero-order chi connectivity index (χ0) is 8.60. The Balaban J connectivity index is 2.23. The van der Waals surface area contributed by atoms with E-state index in [0.29, 0.717) is 18.6 Å². The van der Waals surface area contributed by atoms with E-state index in [2.05, 4.69) is 0 Å². The minimum atomic E-state index is -1.30. The third-order valence-electron chi connectivity index (χ3n) is 2.46. The molecule has 3 heteroatoms. The van der Waals surface area contributed by atoms with Gasteiger partial charge in [0.15, 0.2) is 5.67 Å². The van der Waals surface area contributed by atoms with Gasteiger partial charge in [0, 0.05) is 12.5 Å². The molecule has 2 rings (SSSR count). The topological polar surface area (TPSA) is 39.2 Å². The molecule has 0 aromatic carbocycles. The Bertz CT molecular complexity index is 260. The zero-order valence-corrected chi connectivity index (χ0v) is 6.79. The first-order valence-electron chi connectivity index (χ1n) is 4.19. The minimum Gasteiger partial charge on any atom is -0.466 e. The molecule has 1 saturated carbocycles. The summed E-state index contributed by atoms with van der Waals surface area (Å²) in [4.78, 5) is 0. The zero-order valence-electron chi connectivity index (χ0n) is 6.79. The van der Waals surface area contributed by atoms with Crippen LogP contribution >= 0.6 is 0 Å². The van der Waals surface area contributed by atoms with Crippen molar-refractivity contribution in [3.8, 4) is 0 Å². The van der Waals surface area contributed by atoms with Crippen LogP contribution in [0.1, 0.15) is 25.0 Å². The van der Waals surface area contributed by atoms with E-state index in [1.54, 1.807) is 12.1 Å². The SMILES string of the molecule is NC1CCC(F)(c2ccco2)C1. The fourth-order valence-electron chi connectivity index (χ4n) is 1.79. The van der Waals surface area contributed by atoms with Crippen LogP contribution in [0.2, 0.25) is 0 Å². The Morgan fingerprint density at radius 2 is 2.50 bits per heavy atom. The first-order valence-corrected chi connectivity index (χ1v) is 4.19. The highest BCUT2D eigenvalue weighted by Crippen LogP contribution is 2.41. The summed E-state index contributed by atoms with van der Waals surface area (Å²) in [5, 5.41) is 0. The van der Waals surface area contributed by atoms with Gasteiger partial charge in [-0.15, -0.1) is 0 Å². The van der Waals surface area contributed by atoms with Gasteiger partial charge < -0.3 is 10.2 Å². The number of alkyl halides is 1. The van der Waals surface area contributed by atoms with E-state index < -0.39 is 5.67 Å². The molecule has 0 bridgehead atoms. The predicted molar refractivity (Wildman–Crippen MR) is 43.3 cm³/mol. The molecule has 2 unspecified atom stereocenters. The average Bonchev–Trinajstić information content (AvgIpc) is 2.59. The Kier molecular flexibility index (Phi) is 1.68. The predicted octanol–water partition coefficient (Wildman–Crippen LogP) is 1.96. The lowest BCUT2D eigenvalue weighted by molar-refractivity contribution is 0.136. The highest BCUT2D eigenvalue weighted by Gasteiger charge is 2.41. The molecule has 1 aliphatic carbocycles. The third kappa shape index (κ3) is 1.14. The van der Waals surface area contributed by atoms with Gasteiger partial charge in [-0.05, 0) is 25.0 Å². The molecule has 1 aromatic rings. The molecular formula is C9H12FNO. The number of furan rings is 1. The number of nitrogens with two attached hydrogens (primary N) is 1. The first-order chi connectivity index (χ1) is 5.71. The van der Waals surface area contributed by atoms with E-state index in [-0.39, 0.29) is 6.04 Å². The molecule has 0 radical (unpaired) electrons. The van der Waals surface area contributed by atoms with Crippen LogP contribution in [-0.4, -0.2) is 6.04 Å². The lowest BCUT2D eigenvalue weighted by Crippen LogP contribution is -2.20. The highest BCUT2D eigenvalue weighted by molar-refractivity contribution is 5.12. The van der Waals surface area contributed by atoms with Gasteiger partial charge in [-0.1, -0.05) is 0 Å². The molecule has 2 atom stereocenters. The van der Waals surface area contributed by atoms with Crippen molar-refractivity contribution in [1.82, 2.24) is 0 Å². The van der Waals surface area contributed by atoms with Crippen molar-refractivity contribution in [2.75, 3.05) is 0 Å². The second-order valence-electron chi connectivity index (χ2n) is 3.45. The largest absolute Gasteiger partial charge is 0.466 e. The monoisotopic (exact) mass is 169 g/mol. The summed E-state index contributed by atoms with van der Waals surface area (Å²) in [6.45, 7) is 0. The van der Waals surface area contributed by atoms with Gasteiger partial charge in [-0.2, -0.15) is 0 Å². The van der Waals surface area contributed by atoms with Crippen LogP contribution in [-0.2, 0) is 5.67 Å². The fourth-order valence-corrected chi connectivity index (χ4v) is 1.79. The summed E-state index contributed by atoms with van der Waals surface area (Å²) in [6, 6.07) is 3.37. The van der Waals surface area contributed by atoms with Crippen molar-refractivity contribution in [3.05, 3.63) is 24.2 Å². The van der Waals surface area contributed by atoms with Gasteiger partial charge >= 0.3 is 0 Å². The van der Waals surface area contributed by atoms with Crippen molar-refractivity contribution < 1.29 is 8.81 Å². The molecule has 66 valence electrons. The normalized spacial score (nSPS) is 35.7. The molecule has 1 heterocycles. The van der Waals surface area contributed by atoms with Crippen LogP contribution in [0.15, 0.2) is 22.8 Å². The van der Waals surface area contributed by atoms with Crippen LogP contribution < -0.4 is 5.73 Å². The van der Waals surface area contributed by atoms with Crippen LogP contribution in [0, 0.1) is 0 Å². The summed E-state index contributed by atoms with van der Waals surface area (Å²) >= 11 is 0. The molecule has 0 saturated heterocycles. The van der Waals surface area contributed by atoms with Crippen molar-refractivity contribution in [2.24, 2.45) is 5.73 Å². The molecule has 1 fully saturated rings. The smallest absolute Gasteiger partial charge is 0.169 e. The quantitative estimate of drug-likeness (QED) is 0.697. The number of hydrogen-bond acceptors (Lipinski definition) is 2. The maximum Gasteiger partial charge on any atom is 0.169 e. The minimum absolute atomic E-state index is 0.0138. The molecular weight excluding hydrogens is 157 g/mol. The standard InChI is InChI=1S/C9H12FNO/c10-9(4-3-7(11)6-9)8-2-1-5-12-8/h1-2,5,7H,3-4,6,11H2. The van der Waals surface area contributed by atoms with Crippen LogP contribution in [0.4, 0.5) is 4.39 Å². The molecule has 0 amide bonds. The van der Waals surface area contributed by atoms with E-state index in [1.807, 2.05) is 0 Å². The summed E-state index contributed by atoms with van der Waals surface area (Å²) in [5.74, 6) is 0.426. The molecule has 1 aliphatic rings. The summed E-state index contributed by atoms with van der Waals surface area (Å²) in [7, 11) is 0. The van der Waals surface area contributed by atoms with Crippen LogP contribution in [0.25, 0.3) is 0 Å². The van der Waals surface area contributed by atoms with Gasteiger partial charge in [0.05, 0.1) is 6.26 Å². The van der Waals surface area contributed by atoms with E-state index in [1.165, 1.54) is 6.26 Å². The second-order valence-corrected chi connectivity index (χ2v) is 3.45. The van der Waals surface area contributed by atoms with Gasteiger partial charge in [-0.3, -0.25) is 0 Å². The Labute approximate surface area is 70.6 Å². The molecule has 2 N–H and O–H groups in total.